The van der Waals surface area contributed by atoms with E-state index in [0.29, 0.717) is 5.92 Å². The Bertz CT molecular complexity index is 563. The molecule has 104 valence electrons. The molecule has 1 saturated carbocycles. The van der Waals surface area contributed by atoms with Crippen LogP contribution in [0.15, 0.2) is 18.2 Å². The minimum Gasteiger partial charge on any atom is -0.464 e. The predicted molar refractivity (Wildman–Crippen MR) is 74.3 cm³/mol. The molecule has 1 heterocycles. The van der Waals surface area contributed by atoms with Gasteiger partial charge in [0.1, 0.15) is 11.4 Å². The predicted octanol–water partition coefficient (Wildman–Crippen LogP) is 2.63. The van der Waals surface area contributed by atoms with Gasteiger partial charge in [-0.25, -0.2) is 9.78 Å². The van der Waals surface area contributed by atoms with Crippen LogP contribution in [0.25, 0.3) is 0 Å². The quantitative estimate of drug-likeness (QED) is 0.359. The molecule has 1 aliphatic carbocycles. The topological polar surface area (TPSA) is 56.3 Å². The molecule has 0 aromatic carbocycles. The summed E-state index contributed by atoms with van der Waals surface area (Å²) in [5.41, 5.74) is 0.314. The lowest BCUT2D eigenvalue weighted by Gasteiger charge is -2.15. The van der Waals surface area contributed by atoms with E-state index in [9.17, 15) is 9.59 Å². The third kappa shape index (κ3) is 3.67. The van der Waals surface area contributed by atoms with Crippen LogP contribution in [-0.4, -0.2) is 23.8 Å². The molecular formula is C16H17NO3. The van der Waals surface area contributed by atoms with Crippen LogP contribution in [0.5, 0.6) is 0 Å². The molecule has 0 bridgehead atoms. The third-order valence-corrected chi connectivity index (χ3v) is 3.37. The van der Waals surface area contributed by atoms with Gasteiger partial charge in [0.15, 0.2) is 0 Å². The van der Waals surface area contributed by atoms with Crippen molar-refractivity contribution in [2.24, 2.45) is 5.92 Å². The lowest BCUT2D eigenvalue weighted by molar-refractivity contribution is 0.0594. The van der Waals surface area contributed by atoms with E-state index in [1.54, 1.807) is 12.1 Å². The SMILES string of the molecule is COC(=O)c1cccc(C(=O)C#CC2CCCCC2)n1. The summed E-state index contributed by atoms with van der Waals surface area (Å²) in [5, 5.41) is 0. The van der Waals surface area contributed by atoms with Gasteiger partial charge >= 0.3 is 5.97 Å². The first kappa shape index (κ1) is 14.3. The summed E-state index contributed by atoms with van der Waals surface area (Å²) in [5.74, 6) is 5.09. The maximum atomic E-state index is 12.0. The normalized spacial score (nSPS) is 15.1. The van der Waals surface area contributed by atoms with Crippen LogP contribution >= 0.6 is 0 Å². The number of rotatable bonds is 2. The molecular weight excluding hydrogens is 254 g/mol. The van der Waals surface area contributed by atoms with Gasteiger partial charge in [-0.1, -0.05) is 31.2 Å². The van der Waals surface area contributed by atoms with Gasteiger partial charge in [-0.15, -0.1) is 0 Å². The van der Waals surface area contributed by atoms with Crippen LogP contribution in [0.2, 0.25) is 0 Å². The van der Waals surface area contributed by atoms with E-state index in [0.717, 1.165) is 12.8 Å². The maximum Gasteiger partial charge on any atom is 0.356 e. The largest absolute Gasteiger partial charge is 0.464 e. The molecule has 0 N–H and O–H groups in total. The summed E-state index contributed by atoms with van der Waals surface area (Å²) in [4.78, 5) is 27.3. The van der Waals surface area contributed by atoms with Crippen LogP contribution in [0.3, 0.4) is 0 Å². The highest BCUT2D eigenvalue weighted by Gasteiger charge is 2.13. The van der Waals surface area contributed by atoms with Crippen molar-refractivity contribution in [3.8, 4) is 11.8 Å². The number of methoxy groups -OCH3 is 1. The molecule has 1 aliphatic rings. The number of carbonyl (C=O) groups excluding carboxylic acids is 2. The molecule has 1 aromatic heterocycles. The van der Waals surface area contributed by atoms with E-state index in [1.165, 1.54) is 32.4 Å². The minimum atomic E-state index is -0.556. The summed E-state index contributed by atoms with van der Waals surface area (Å²) in [7, 11) is 1.28. The van der Waals surface area contributed by atoms with E-state index in [-0.39, 0.29) is 17.2 Å². The van der Waals surface area contributed by atoms with E-state index in [4.69, 9.17) is 0 Å². The lowest BCUT2D eigenvalue weighted by atomic mass is 9.90. The van der Waals surface area contributed by atoms with Crippen molar-refractivity contribution in [2.75, 3.05) is 7.11 Å². The molecule has 0 amide bonds. The number of hydrogen-bond donors (Lipinski definition) is 0. The van der Waals surface area contributed by atoms with Crippen LogP contribution in [-0.2, 0) is 4.74 Å². The van der Waals surface area contributed by atoms with Crippen molar-refractivity contribution in [1.29, 1.82) is 0 Å². The molecule has 2 rings (SSSR count). The van der Waals surface area contributed by atoms with Crippen molar-refractivity contribution >= 4 is 11.8 Å². The van der Waals surface area contributed by atoms with Crippen molar-refractivity contribution in [2.45, 2.75) is 32.1 Å². The average Bonchev–Trinajstić information content (AvgIpc) is 2.53. The molecule has 0 saturated heterocycles. The number of ether oxygens (including phenoxy) is 1. The molecule has 1 aromatic rings. The Morgan fingerprint density at radius 3 is 2.60 bits per heavy atom. The summed E-state index contributed by atoms with van der Waals surface area (Å²) >= 11 is 0. The number of carbonyl (C=O) groups is 2. The van der Waals surface area contributed by atoms with Gasteiger partial charge < -0.3 is 4.74 Å². The number of Topliss-reactive ketones (excluding diaryl/α,β-unsaturated/α-hetero) is 1. The number of ketones is 1. The summed E-state index contributed by atoms with van der Waals surface area (Å²) in [6.45, 7) is 0. The smallest absolute Gasteiger partial charge is 0.356 e. The van der Waals surface area contributed by atoms with E-state index < -0.39 is 5.97 Å². The van der Waals surface area contributed by atoms with E-state index in [2.05, 4.69) is 21.6 Å². The highest BCUT2D eigenvalue weighted by molar-refractivity contribution is 6.08. The van der Waals surface area contributed by atoms with Crippen LogP contribution in [0.4, 0.5) is 0 Å². The number of hydrogen-bond acceptors (Lipinski definition) is 4. The summed E-state index contributed by atoms with van der Waals surface area (Å²) in [6, 6.07) is 4.68. The molecule has 0 aliphatic heterocycles. The third-order valence-electron chi connectivity index (χ3n) is 3.37. The van der Waals surface area contributed by atoms with Crippen molar-refractivity contribution in [3.63, 3.8) is 0 Å². The Morgan fingerprint density at radius 1 is 1.20 bits per heavy atom. The number of nitrogens with zero attached hydrogens (tertiary/aromatic N) is 1. The van der Waals surface area contributed by atoms with Gasteiger partial charge in [-0.3, -0.25) is 4.79 Å². The second-order valence-corrected chi connectivity index (χ2v) is 4.83. The minimum absolute atomic E-state index is 0.123. The Hall–Kier alpha value is -2.15. The van der Waals surface area contributed by atoms with Gasteiger partial charge in [-0.05, 0) is 30.9 Å². The highest BCUT2D eigenvalue weighted by atomic mass is 16.5. The van der Waals surface area contributed by atoms with Gasteiger partial charge in [0.2, 0.25) is 0 Å². The zero-order valence-corrected chi connectivity index (χ0v) is 11.5. The van der Waals surface area contributed by atoms with Gasteiger partial charge in [0.25, 0.3) is 5.78 Å². The van der Waals surface area contributed by atoms with Crippen LogP contribution in [0, 0.1) is 17.8 Å². The Morgan fingerprint density at radius 2 is 1.90 bits per heavy atom. The fraction of sp³-hybridized carbons (Fsp3) is 0.438. The second kappa shape index (κ2) is 6.85. The van der Waals surface area contributed by atoms with E-state index in [1.807, 2.05) is 0 Å². The Labute approximate surface area is 118 Å². The van der Waals surface area contributed by atoms with Crippen molar-refractivity contribution in [3.05, 3.63) is 29.6 Å². The Kier molecular flexibility index (Phi) is 4.89. The zero-order chi connectivity index (χ0) is 14.4. The highest BCUT2D eigenvalue weighted by Crippen LogP contribution is 2.22. The van der Waals surface area contributed by atoms with Crippen LogP contribution in [0.1, 0.15) is 53.1 Å². The molecule has 0 radical (unpaired) electrons. The zero-order valence-electron chi connectivity index (χ0n) is 11.5. The molecule has 20 heavy (non-hydrogen) atoms. The molecule has 0 spiro atoms. The van der Waals surface area contributed by atoms with Gasteiger partial charge in [-0.2, -0.15) is 0 Å². The van der Waals surface area contributed by atoms with Crippen LogP contribution < -0.4 is 0 Å². The fourth-order valence-corrected chi connectivity index (χ4v) is 2.26. The molecule has 4 heteroatoms. The molecule has 0 atom stereocenters. The second-order valence-electron chi connectivity index (χ2n) is 4.83. The van der Waals surface area contributed by atoms with Crippen molar-refractivity contribution in [1.82, 2.24) is 4.98 Å². The number of aromatic nitrogens is 1. The molecule has 4 nitrogen and oxygen atoms in total. The number of esters is 1. The maximum absolute atomic E-state index is 12.0. The van der Waals surface area contributed by atoms with Gasteiger partial charge in [0.05, 0.1) is 7.11 Å². The first-order valence-electron chi connectivity index (χ1n) is 6.82. The van der Waals surface area contributed by atoms with E-state index >= 15 is 0 Å². The lowest BCUT2D eigenvalue weighted by Crippen LogP contribution is -2.09. The molecule has 0 unspecified atom stereocenters. The summed E-state index contributed by atoms with van der Waals surface area (Å²) < 4.78 is 4.58. The first-order valence-corrected chi connectivity index (χ1v) is 6.82. The number of pyridine rings is 1. The average molecular weight is 271 g/mol. The first-order chi connectivity index (χ1) is 9.70. The monoisotopic (exact) mass is 271 g/mol. The van der Waals surface area contributed by atoms with Crippen molar-refractivity contribution < 1.29 is 14.3 Å². The molecule has 1 fully saturated rings. The van der Waals surface area contributed by atoms with Gasteiger partial charge in [0, 0.05) is 5.92 Å². The summed E-state index contributed by atoms with van der Waals surface area (Å²) in [6.07, 6.45) is 5.76. The Balaban J connectivity index is 2.09. The fourth-order valence-electron chi connectivity index (χ4n) is 2.26. The standard InChI is InChI=1S/C16H17NO3/c1-20-16(19)14-9-5-8-13(17-14)15(18)11-10-12-6-3-2-4-7-12/h5,8-9,12H,2-4,6-7H2,1H3.